The van der Waals surface area contributed by atoms with Crippen molar-refractivity contribution in [3.63, 3.8) is 0 Å². The summed E-state index contributed by atoms with van der Waals surface area (Å²) in [6.45, 7) is 2.97. The molecule has 2 aromatic rings. The summed E-state index contributed by atoms with van der Waals surface area (Å²) in [6, 6.07) is 15.4. The van der Waals surface area contributed by atoms with Gasteiger partial charge in [-0.25, -0.2) is 4.79 Å². The van der Waals surface area contributed by atoms with Crippen molar-refractivity contribution in [1.82, 2.24) is 4.90 Å². The van der Waals surface area contributed by atoms with Crippen LogP contribution in [-0.4, -0.2) is 31.6 Å². The van der Waals surface area contributed by atoms with E-state index in [1.165, 1.54) is 26.4 Å². The standard InChI is InChI=1S/C24H29NO4/c1-4-5-6-7-16-28-21-14-12-18(13-15-21)22-17-29-23(25(22)2)19-8-10-20(11-9-19)24(26)27-3/h8-15,17,23H,4-7,16H2,1-3H3. The fraction of sp³-hybridized carbons (Fsp3) is 0.375. The molecule has 5 heteroatoms. The highest BCUT2D eigenvalue weighted by Crippen LogP contribution is 2.36. The van der Waals surface area contributed by atoms with Crippen LogP contribution in [0.4, 0.5) is 0 Å². The van der Waals surface area contributed by atoms with Gasteiger partial charge in [-0.1, -0.05) is 38.3 Å². The minimum atomic E-state index is -0.344. The van der Waals surface area contributed by atoms with Crippen LogP contribution in [0.25, 0.3) is 5.70 Å². The second-order valence-electron chi connectivity index (χ2n) is 7.15. The van der Waals surface area contributed by atoms with E-state index in [0.717, 1.165) is 35.6 Å². The van der Waals surface area contributed by atoms with Crippen molar-refractivity contribution in [2.75, 3.05) is 20.8 Å². The molecule has 1 unspecified atom stereocenters. The van der Waals surface area contributed by atoms with E-state index in [4.69, 9.17) is 14.2 Å². The molecule has 0 amide bonds. The number of ether oxygens (including phenoxy) is 3. The number of benzene rings is 2. The number of carbonyl (C=O) groups is 1. The average Bonchev–Trinajstić information content (AvgIpc) is 3.15. The van der Waals surface area contributed by atoms with Crippen molar-refractivity contribution in [3.05, 3.63) is 71.5 Å². The molecule has 154 valence electrons. The summed E-state index contributed by atoms with van der Waals surface area (Å²) in [5, 5.41) is 0. The van der Waals surface area contributed by atoms with Crippen LogP contribution in [0.1, 0.15) is 60.3 Å². The Kier molecular flexibility index (Phi) is 7.17. The van der Waals surface area contributed by atoms with Crippen molar-refractivity contribution in [1.29, 1.82) is 0 Å². The lowest BCUT2D eigenvalue weighted by Gasteiger charge is -2.24. The molecule has 0 radical (unpaired) electrons. The molecule has 0 bridgehead atoms. The molecule has 1 aliphatic heterocycles. The number of rotatable bonds is 9. The van der Waals surface area contributed by atoms with Crippen LogP contribution in [0.5, 0.6) is 5.75 Å². The fourth-order valence-corrected chi connectivity index (χ4v) is 3.35. The molecular weight excluding hydrogens is 366 g/mol. The van der Waals surface area contributed by atoms with E-state index < -0.39 is 0 Å². The topological polar surface area (TPSA) is 48.0 Å². The van der Waals surface area contributed by atoms with Crippen LogP contribution in [0.3, 0.4) is 0 Å². The molecule has 1 heterocycles. The highest BCUT2D eigenvalue weighted by molar-refractivity contribution is 5.89. The fourth-order valence-electron chi connectivity index (χ4n) is 3.35. The van der Waals surface area contributed by atoms with Crippen LogP contribution in [0.15, 0.2) is 54.8 Å². The predicted octanol–water partition coefficient (Wildman–Crippen LogP) is 5.39. The lowest BCUT2D eigenvalue weighted by atomic mass is 10.1. The summed E-state index contributed by atoms with van der Waals surface area (Å²) in [7, 11) is 3.37. The average molecular weight is 395 g/mol. The largest absolute Gasteiger partial charge is 0.494 e. The molecule has 0 spiro atoms. The molecule has 0 aromatic heterocycles. The van der Waals surface area contributed by atoms with E-state index >= 15 is 0 Å². The minimum Gasteiger partial charge on any atom is -0.494 e. The second kappa shape index (κ2) is 10.0. The quantitative estimate of drug-likeness (QED) is 0.421. The smallest absolute Gasteiger partial charge is 0.337 e. The van der Waals surface area contributed by atoms with Gasteiger partial charge in [-0.3, -0.25) is 0 Å². The van der Waals surface area contributed by atoms with Gasteiger partial charge in [0.25, 0.3) is 0 Å². The number of carbonyl (C=O) groups excluding carboxylic acids is 1. The van der Waals surface area contributed by atoms with Gasteiger partial charge >= 0.3 is 5.97 Å². The molecule has 0 saturated heterocycles. The van der Waals surface area contributed by atoms with Crippen molar-refractivity contribution in [2.24, 2.45) is 0 Å². The summed E-state index contributed by atoms with van der Waals surface area (Å²) in [6.07, 6.45) is 6.34. The van der Waals surface area contributed by atoms with Crippen molar-refractivity contribution < 1.29 is 19.0 Å². The number of esters is 1. The second-order valence-corrected chi connectivity index (χ2v) is 7.15. The van der Waals surface area contributed by atoms with Gasteiger partial charge in [-0.2, -0.15) is 0 Å². The van der Waals surface area contributed by atoms with Gasteiger partial charge in [0.05, 0.1) is 25.0 Å². The van der Waals surface area contributed by atoms with Crippen LogP contribution in [0.2, 0.25) is 0 Å². The summed E-state index contributed by atoms with van der Waals surface area (Å²) in [5.41, 5.74) is 3.56. The zero-order valence-corrected chi connectivity index (χ0v) is 17.4. The van der Waals surface area contributed by atoms with Crippen LogP contribution < -0.4 is 4.74 Å². The molecule has 29 heavy (non-hydrogen) atoms. The van der Waals surface area contributed by atoms with Crippen molar-refractivity contribution in [3.8, 4) is 5.75 Å². The van der Waals surface area contributed by atoms with Crippen molar-refractivity contribution >= 4 is 11.7 Å². The van der Waals surface area contributed by atoms with E-state index in [9.17, 15) is 4.79 Å². The first-order chi connectivity index (χ1) is 14.1. The Morgan fingerprint density at radius 1 is 1.03 bits per heavy atom. The zero-order chi connectivity index (χ0) is 20.6. The Bertz CT molecular complexity index is 827. The Labute approximate surface area is 172 Å². The summed E-state index contributed by atoms with van der Waals surface area (Å²) in [4.78, 5) is 13.7. The number of hydrogen-bond acceptors (Lipinski definition) is 5. The predicted molar refractivity (Wildman–Crippen MR) is 113 cm³/mol. The van der Waals surface area contributed by atoms with Crippen molar-refractivity contribution in [2.45, 2.75) is 38.8 Å². The summed E-state index contributed by atoms with van der Waals surface area (Å²) >= 11 is 0. The molecular formula is C24H29NO4. The molecule has 2 aromatic carbocycles. The van der Waals surface area contributed by atoms with Gasteiger partial charge in [0.15, 0.2) is 6.23 Å². The highest BCUT2D eigenvalue weighted by atomic mass is 16.5. The molecule has 0 aliphatic carbocycles. The Balaban J connectivity index is 1.59. The number of nitrogens with zero attached hydrogens (tertiary/aromatic N) is 1. The lowest BCUT2D eigenvalue weighted by molar-refractivity contribution is 0.0599. The maximum Gasteiger partial charge on any atom is 0.337 e. The first-order valence-corrected chi connectivity index (χ1v) is 10.1. The lowest BCUT2D eigenvalue weighted by Crippen LogP contribution is -2.19. The Morgan fingerprint density at radius 3 is 2.41 bits per heavy atom. The van der Waals surface area contributed by atoms with E-state index in [2.05, 4.69) is 24.0 Å². The summed E-state index contributed by atoms with van der Waals surface area (Å²) in [5.74, 6) is 0.547. The van der Waals surface area contributed by atoms with E-state index in [-0.39, 0.29) is 12.2 Å². The third kappa shape index (κ3) is 5.11. The highest BCUT2D eigenvalue weighted by Gasteiger charge is 2.27. The first-order valence-electron chi connectivity index (χ1n) is 10.1. The monoisotopic (exact) mass is 395 g/mol. The van der Waals surface area contributed by atoms with Gasteiger partial charge in [0, 0.05) is 18.2 Å². The van der Waals surface area contributed by atoms with Crippen LogP contribution >= 0.6 is 0 Å². The molecule has 1 atom stereocenters. The SMILES string of the molecule is CCCCCCOc1ccc(C2=COC(c3ccc(C(=O)OC)cc3)N2C)cc1. The molecule has 5 nitrogen and oxygen atoms in total. The van der Waals surface area contributed by atoms with E-state index in [1.807, 2.05) is 31.3 Å². The number of methoxy groups -OCH3 is 1. The third-order valence-electron chi connectivity index (χ3n) is 5.07. The maximum atomic E-state index is 11.6. The molecule has 1 aliphatic rings. The zero-order valence-electron chi connectivity index (χ0n) is 17.4. The first kappa shape index (κ1) is 20.8. The Hall–Kier alpha value is -2.95. The Morgan fingerprint density at radius 2 is 1.76 bits per heavy atom. The summed E-state index contributed by atoms with van der Waals surface area (Å²) < 4.78 is 16.5. The van der Waals surface area contributed by atoms with Gasteiger partial charge in [-0.05, 0) is 42.8 Å². The molecule has 0 N–H and O–H groups in total. The van der Waals surface area contributed by atoms with Gasteiger partial charge in [0.1, 0.15) is 12.0 Å². The molecule has 0 fully saturated rings. The molecule has 0 saturated carbocycles. The third-order valence-corrected chi connectivity index (χ3v) is 5.07. The molecule has 3 rings (SSSR count). The van der Waals surface area contributed by atoms with E-state index in [1.54, 1.807) is 18.4 Å². The maximum absolute atomic E-state index is 11.6. The van der Waals surface area contributed by atoms with Gasteiger partial charge in [-0.15, -0.1) is 0 Å². The van der Waals surface area contributed by atoms with E-state index in [0.29, 0.717) is 5.56 Å². The normalized spacial score (nSPS) is 15.6. The van der Waals surface area contributed by atoms with Crippen LogP contribution in [0, 0.1) is 0 Å². The minimum absolute atomic E-state index is 0.230. The van der Waals surface area contributed by atoms with Gasteiger partial charge < -0.3 is 19.1 Å². The number of hydrogen-bond donors (Lipinski definition) is 0. The van der Waals surface area contributed by atoms with Gasteiger partial charge in [0.2, 0.25) is 0 Å². The van der Waals surface area contributed by atoms with Crippen LogP contribution in [-0.2, 0) is 9.47 Å². The number of unbranched alkanes of at least 4 members (excludes halogenated alkanes) is 3.